The minimum atomic E-state index is -4.96. The number of rotatable bonds is 2. The van der Waals surface area contributed by atoms with Crippen molar-refractivity contribution < 1.29 is 33.0 Å². The second-order valence-corrected chi connectivity index (χ2v) is 4.75. The van der Waals surface area contributed by atoms with Crippen LogP contribution in [0.5, 0.6) is 5.75 Å². The normalized spacial score (nSPS) is 22.3. The first kappa shape index (κ1) is 15.1. The van der Waals surface area contributed by atoms with E-state index in [1.165, 1.54) is 6.20 Å². The number of aliphatic carboxylic acids is 1. The lowest BCUT2D eigenvalue weighted by atomic mass is 9.86. The van der Waals surface area contributed by atoms with Gasteiger partial charge < -0.3 is 15.1 Å². The van der Waals surface area contributed by atoms with Crippen molar-refractivity contribution in [1.29, 1.82) is 0 Å². The predicted molar refractivity (Wildman–Crippen MR) is 62.5 cm³/mol. The van der Waals surface area contributed by atoms with E-state index >= 15 is 0 Å². The first-order valence-electron chi connectivity index (χ1n) is 5.91. The maximum atomic E-state index is 13.0. The lowest BCUT2D eigenvalue weighted by molar-refractivity contribution is -0.227. The van der Waals surface area contributed by atoms with Gasteiger partial charge in [-0.3, -0.25) is 14.6 Å². The van der Waals surface area contributed by atoms with E-state index < -0.39 is 42.2 Å². The number of amides is 1. The standard InChI is InChI=1S/C12H11F3N2O4/c13-12(14,15)11(10(20)21)2-4-17(6-11)9(19)7-1-3-16-5-8(7)18/h1,3,5,18H,2,4,6H2,(H,20,21). The molecule has 9 heteroatoms. The van der Waals surface area contributed by atoms with Crippen LogP contribution in [-0.2, 0) is 4.79 Å². The van der Waals surface area contributed by atoms with Crippen LogP contribution in [0.4, 0.5) is 13.2 Å². The number of carbonyl (C=O) groups is 2. The van der Waals surface area contributed by atoms with Gasteiger partial charge in [-0.25, -0.2) is 0 Å². The number of hydrogen-bond acceptors (Lipinski definition) is 4. The van der Waals surface area contributed by atoms with Crippen molar-refractivity contribution in [3.63, 3.8) is 0 Å². The van der Waals surface area contributed by atoms with Crippen LogP contribution in [0.2, 0.25) is 0 Å². The molecule has 1 amide bonds. The second kappa shape index (κ2) is 4.90. The van der Waals surface area contributed by atoms with Crippen LogP contribution in [0.1, 0.15) is 16.8 Å². The van der Waals surface area contributed by atoms with E-state index in [2.05, 4.69) is 4.98 Å². The summed E-state index contributed by atoms with van der Waals surface area (Å²) < 4.78 is 39.0. The van der Waals surface area contributed by atoms with Gasteiger partial charge in [0, 0.05) is 19.3 Å². The third-order valence-corrected chi connectivity index (χ3v) is 3.54. The lowest BCUT2D eigenvalue weighted by Crippen LogP contribution is -2.47. The molecule has 1 atom stereocenters. The Kier molecular flexibility index (Phi) is 3.52. The molecule has 21 heavy (non-hydrogen) atoms. The van der Waals surface area contributed by atoms with E-state index in [0.717, 1.165) is 17.2 Å². The third kappa shape index (κ3) is 2.39. The average Bonchev–Trinajstić information content (AvgIpc) is 2.84. The highest BCUT2D eigenvalue weighted by atomic mass is 19.4. The summed E-state index contributed by atoms with van der Waals surface area (Å²) in [7, 11) is 0. The van der Waals surface area contributed by atoms with Crippen molar-refractivity contribution in [2.24, 2.45) is 5.41 Å². The fraction of sp³-hybridized carbons (Fsp3) is 0.417. The highest BCUT2D eigenvalue weighted by Crippen LogP contribution is 2.46. The molecule has 0 radical (unpaired) electrons. The molecule has 2 rings (SSSR count). The van der Waals surface area contributed by atoms with E-state index in [-0.39, 0.29) is 12.1 Å². The van der Waals surface area contributed by atoms with Crippen LogP contribution in [-0.4, -0.2) is 51.2 Å². The summed E-state index contributed by atoms with van der Waals surface area (Å²) in [4.78, 5) is 27.4. The number of pyridine rings is 1. The molecule has 114 valence electrons. The van der Waals surface area contributed by atoms with Gasteiger partial charge in [0.1, 0.15) is 5.75 Å². The summed E-state index contributed by atoms with van der Waals surface area (Å²) in [5, 5.41) is 18.4. The molecule has 1 saturated heterocycles. The van der Waals surface area contributed by atoms with Crippen molar-refractivity contribution in [2.75, 3.05) is 13.1 Å². The molecule has 2 N–H and O–H groups in total. The number of aromatic nitrogens is 1. The SMILES string of the molecule is O=C(c1ccncc1O)N1CCC(C(=O)O)(C(F)(F)F)C1. The molecule has 0 spiro atoms. The number of alkyl halides is 3. The number of nitrogens with zero attached hydrogens (tertiary/aromatic N) is 2. The molecule has 1 aliphatic heterocycles. The third-order valence-electron chi connectivity index (χ3n) is 3.54. The molecule has 2 heterocycles. The van der Waals surface area contributed by atoms with Crippen LogP contribution in [0.15, 0.2) is 18.5 Å². The van der Waals surface area contributed by atoms with Gasteiger partial charge in [0.15, 0.2) is 5.41 Å². The van der Waals surface area contributed by atoms with E-state index in [9.17, 15) is 27.9 Å². The van der Waals surface area contributed by atoms with Crippen molar-refractivity contribution in [3.05, 3.63) is 24.0 Å². The average molecular weight is 304 g/mol. The number of hydrogen-bond donors (Lipinski definition) is 2. The van der Waals surface area contributed by atoms with Crippen molar-refractivity contribution in [2.45, 2.75) is 12.6 Å². The monoisotopic (exact) mass is 304 g/mol. The molecule has 0 saturated carbocycles. The maximum absolute atomic E-state index is 13.0. The molecule has 6 nitrogen and oxygen atoms in total. The summed E-state index contributed by atoms with van der Waals surface area (Å²) in [5.74, 6) is -3.34. The fourth-order valence-electron chi connectivity index (χ4n) is 2.25. The Morgan fingerprint density at radius 1 is 1.38 bits per heavy atom. The fourth-order valence-corrected chi connectivity index (χ4v) is 2.25. The van der Waals surface area contributed by atoms with Crippen LogP contribution in [0.25, 0.3) is 0 Å². The maximum Gasteiger partial charge on any atom is 0.406 e. The largest absolute Gasteiger partial charge is 0.505 e. The first-order valence-corrected chi connectivity index (χ1v) is 5.91. The van der Waals surface area contributed by atoms with Crippen molar-refractivity contribution in [3.8, 4) is 5.75 Å². The molecule has 0 bridgehead atoms. The molecule has 0 aromatic carbocycles. The number of likely N-dealkylation sites (tertiary alicyclic amines) is 1. The lowest BCUT2D eigenvalue weighted by Gasteiger charge is -2.27. The Hall–Kier alpha value is -2.32. The summed E-state index contributed by atoms with van der Waals surface area (Å²) in [6.07, 6.45) is -3.49. The van der Waals surface area contributed by atoms with Gasteiger partial charge in [0.2, 0.25) is 0 Å². The quantitative estimate of drug-likeness (QED) is 0.858. The van der Waals surface area contributed by atoms with Crippen molar-refractivity contribution >= 4 is 11.9 Å². The Bertz CT molecular complexity index is 590. The van der Waals surface area contributed by atoms with Gasteiger partial charge in [-0.05, 0) is 12.5 Å². The highest BCUT2D eigenvalue weighted by Gasteiger charge is 2.64. The Balaban J connectivity index is 2.28. The molecule has 0 aliphatic carbocycles. The van der Waals surface area contributed by atoms with Gasteiger partial charge >= 0.3 is 12.1 Å². The number of carbonyl (C=O) groups excluding carboxylic acids is 1. The number of carboxylic acid groups (broad SMARTS) is 1. The summed E-state index contributed by atoms with van der Waals surface area (Å²) in [5.41, 5.74) is -3.18. The van der Waals surface area contributed by atoms with Gasteiger partial charge in [-0.1, -0.05) is 0 Å². The first-order chi connectivity index (χ1) is 9.69. The zero-order valence-electron chi connectivity index (χ0n) is 10.6. The smallest absolute Gasteiger partial charge is 0.406 e. The molecular weight excluding hydrogens is 293 g/mol. The van der Waals surface area contributed by atoms with Gasteiger partial charge in [0.25, 0.3) is 5.91 Å². The summed E-state index contributed by atoms with van der Waals surface area (Å²) >= 11 is 0. The van der Waals surface area contributed by atoms with E-state index in [1.807, 2.05) is 0 Å². The molecule has 1 fully saturated rings. The summed E-state index contributed by atoms with van der Waals surface area (Å²) in [6.45, 7) is -1.33. The molecule has 1 aromatic rings. The molecular formula is C12H11F3N2O4. The van der Waals surface area contributed by atoms with Gasteiger partial charge in [-0.2, -0.15) is 13.2 Å². The number of carboxylic acids is 1. The van der Waals surface area contributed by atoms with Crippen molar-refractivity contribution in [1.82, 2.24) is 9.88 Å². The summed E-state index contributed by atoms with van der Waals surface area (Å²) in [6, 6.07) is 1.16. The molecule has 1 unspecified atom stereocenters. The van der Waals surface area contributed by atoms with E-state index in [0.29, 0.717) is 0 Å². The zero-order valence-corrected chi connectivity index (χ0v) is 10.6. The minimum Gasteiger partial charge on any atom is -0.505 e. The molecule has 1 aromatic heterocycles. The van der Waals surface area contributed by atoms with Gasteiger partial charge in [0.05, 0.1) is 11.8 Å². The zero-order chi connectivity index (χ0) is 15.8. The number of aromatic hydroxyl groups is 1. The predicted octanol–water partition coefficient (Wildman–Crippen LogP) is 1.27. The Morgan fingerprint density at radius 2 is 2.05 bits per heavy atom. The Morgan fingerprint density at radius 3 is 2.52 bits per heavy atom. The number of halogens is 3. The second-order valence-electron chi connectivity index (χ2n) is 4.75. The van der Waals surface area contributed by atoms with Crippen LogP contribution in [0, 0.1) is 5.41 Å². The Labute approximate surface area is 116 Å². The topological polar surface area (TPSA) is 90.7 Å². The van der Waals surface area contributed by atoms with Crippen LogP contribution >= 0.6 is 0 Å². The van der Waals surface area contributed by atoms with Gasteiger partial charge in [-0.15, -0.1) is 0 Å². The van der Waals surface area contributed by atoms with Crippen LogP contribution < -0.4 is 0 Å². The van der Waals surface area contributed by atoms with Crippen LogP contribution in [0.3, 0.4) is 0 Å². The minimum absolute atomic E-state index is 0.214. The van der Waals surface area contributed by atoms with E-state index in [4.69, 9.17) is 5.11 Å². The molecule has 1 aliphatic rings. The highest BCUT2D eigenvalue weighted by molar-refractivity contribution is 5.97. The van der Waals surface area contributed by atoms with E-state index in [1.54, 1.807) is 0 Å².